The van der Waals surface area contributed by atoms with E-state index in [-0.39, 0.29) is 16.2 Å². The van der Waals surface area contributed by atoms with Crippen LogP contribution >= 0.6 is 0 Å². The Morgan fingerprint density at radius 2 is 0.676 bits per heavy atom. The van der Waals surface area contributed by atoms with Crippen LogP contribution in [-0.2, 0) is 16.2 Å². The molecular weight excluding hydrogens is 446 g/mol. The molecule has 0 bridgehead atoms. The lowest BCUT2D eigenvalue weighted by molar-refractivity contribution is 0.590. The van der Waals surface area contributed by atoms with Gasteiger partial charge in [0, 0.05) is 11.4 Å². The van der Waals surface area contributed by atoms with Crippen molar-refractivity contribution in [2.45, 2.75) is 78.6 Å². The van der Waals surface area contributed by atoms with E-state index in [1.165, 1.54) is 38.9 Å². The van der Waals surface area contributed by atoms with Crippen molar-refractivity contribution in [3.8, 4) is 22.3 Å². The quantitative estimate of drug-likeness (QED) is 0.300. The minimum absolute atomic E-state index is 0.140. The van der Waals surface area contributed by atoms with Crippen LogP contribution < -0.4 is 5.32 Å². The number of benzene rings is 4. The summed E-state index contributed by atoms with van der Waals surface area (Å²) < 4.78 is 0. The SMILES string of the molecule is CC(C)(C)c1ccc(Nc2cc(-c3ccc(C(C)(C)C)cc3)cc(-c3ccc(C(C)(C)C)cc3)c2)cc1. The van der Waals surface area contributed by atoms with Gasteiger partial charge in [-0.25, -0.2) is 0 Å². The topological polar surface area (TPSA) is 12.0 Å². The third-order valence-electron chi connectivity index (χ3n) is 7.14. The minimum Gasteiger partial charge on any atom is -0.355 e. The molecule has 0 spiro atoms. The molecule has 0 heterocycles. The van der Waals surface area contributed by atoms with Crippen molar-refractivity contribution in [3.63, 3.8) is 0 Å². The second-order valence-corrected chi connectivity index (χ2v) is 13.4. The highest BCUT2D eigenvalue weighted by atomic mass is 14.9. The lowest BCUT2D eigenvalue weighted by Crippen LogP contribution is -2.10. The number of anilines is 2. The van der Waals surface area contributed by atoms with Crippen LogP contribution in [0.3, 0.4) is 0 Å². The number of hydrogen-bond acceptors (Lipinski definition) is 1. The maximum Gasteiger partial charge on any atom is 0.0396 e. The molecule has 0 saturated heterocycles. The monoisotopic (exact) mass is 489 g/mol. The van der Waals surface area contributed by atoms with E-state index in [1.54, 1.807) is 0 Å². The molecule has 4 aromatic carbocycles. The molecule has 0 amide bonds. The Morgan fingerprint density at radius 3 is 1.00 bits per heavy atom. The van der Waals surface area contributed by atoms with Crippen molar-refractivity contribution in [2.24, 2.45) is 0 Å². The van der Waals surface area contributed by atoms with Crippen LogP contribution in [0.15, 0.2) is 91.0 Å². The standard InChI is InChI=1S/C36H43N/c1-34(2,3)29-14-10-25(11-15-29)27-22-28(26-12-16-30(17-13-26)35(4,5)6)24-33(23-27)37-32-20-18-31(19-21-32)36(7,8)9/h10-24,37H,1-9H3. The average Bonchev–Trinajstić information content (AvgIpc) is 2.83. The van der Waals surface area contributed by atoms with Gasteiger partial charge in [-0.2, -0.15) is 0 Å². The molecule has 0 aromatic heterocycles. The Balaban J connectivity index is 1.75. The highest BCUT2D eigenvalue weighted by Crippen LogP contribution is 2.34. The van der Waals surface area contributed by atoms with E-state index in [1.807, 2.05) is 0 Å². The van der Waals surface area contributed by atoms with Crippen LogP contribution in [0.25, 0.3) is 22.3 Å². The first-order valence-corrected chi connectivity index (χ1v) is 13.4. The zero-order chi connectivity index (χ0) is 27.0. The zero-order valence-corrected chi connectivity index (χ0v) is 24.2. The van der Waals surface area contributed by atoms with Gasteiger partial charge in [-0.15, -0.1) is 0 Å². The van der Waals surface area contributed by atoms with E-state index in [9.17, 15) is 0 Å². The van der Waals surface area contributed by atoms with Crippen molar-refractivity contribution in [3.05, 3.63) is 108 Å². The van der Waals surface area contributed by atoms with Crippen LogP contribution in [0.2, 0.25) is 0 Å². The molecule has 4 aromatic rings. The highest BCUT2D eigenvalue weighted by Gasteiger charge is 2.16. The van der Waals surface area contributed by atoms with Gasteiger partial charge in [-0.1, -0.05) is 123 Å². The second-order valence-electron chi connectivity index (χ2n) is 13.4. The Morgan fingerprint density at radius 1 is 0.351 bits per heavy atom. The van der Waals surface area contributed by atoms with Crippen LogP contribution in [0.5, 0.6) is 0 Å². The second kappa shape index (κ2) is 9.86. The van der Waals surface area contributed by atoms with Gasteiger partial charge in [0.15, 0.2) is 0 Å². The molecule has 4 rings (SSSR count). The summed E-state index contributed by atoms with van der Waals surface area (Å²) in [6.45, 7) is 20.3. The van der Waals surface area contributed by atoms with E-state index in [0.717, 1.165) is 11.4 Å². The first-order chi connectivity index (χ1) is 17.2. The summed E-state index contributed by atoms with van der Waals surface area (Å²) in [6, 6.07) is 33.7. The van der Waals surface area contributed by atoms with E-state index in [0.29, 0.717) is 0 Å². The molecule has 1 heteroatoms. The minimum atomic E-state index is 0.140. The van der Waals surface area contributed by atoms with Crippen LogP contribution in [0.4, 0.5) is 11.4 Å². The maximum absolute atomic E-state index is 3.67. The third-order valence-corrected chi connectivity index (χ3v) is 7.14. The summed E-state index contributed by atoms with van der Waals surface area (Å²) in [4.78, 5) is 0. The molecule has 0 saturated carbocycles. The maximum atomic E-state index is 3.67. The molecule has 37 heavy (non-hydrogen) atoms. The average molecular weight is 490 g/mol. The van der Waals surface area contributed by atoms with Gasteiger partial charge in [0.05, 0.1) is 0 Å². The number of rotatable bonds is 4. The lowest BCUT2D eigenvalue weighted by Gasteiger charge is -2.20. The fourth-order valence-electron chi connectivity index (χ4n) is 4.58. The summed E-state index contributed by atoms with van der Waals surface area (Å²) in [5.74, 6) is 0. The third kappa shape index (κ3) is 6.52. The summed E-state index contributed by atoms with van der Waals surface area (Å²) in [6.07, 6.45) is 0. The fraction of sp³-hybridized carbons (Fsp3) is 0.333. The van der Waals surface area contributed by atoms with Crippen LogP contribution in [0, 0.1) is 0 Å². The van der Waals surface area contributed by atoms with Gasteiger partial charge in [0.2, 0.25) is 0 Å². The number of nitrogens with one attached hydrogen (secondary N) is 1. The number of hydrogen-bond donors (Lipinski definition) is 1. The lowest BCUT2D eigenvalue weighted by atomic mass is 9.85. The van der Waals surface area contributed by atoms with Crippen molar-refractivity contribution in [1.29, 1.82) is 0 Å². The fourth-order valence-corrected chi connectivity index (χ4v) is 4.58. The van der Waals surface area contributed by atoms with Gasteiger partial charge in [-0.3, -0.25) is 0 Å². The van der Waals surface area contributed by atoms with Gasteiger partial charge < -0.3 is 5.32 Å². The molecule has 0 unspecified atom stereocenters. The van der Waals surface area contributed by atoms with Crippen LogP contribution in [-0.4, -0.2) is 0 Å². The Labute approximate surface area is 225 Å². The molecule has 0 radical (unpaired) electrons. The molecule has 0 aliphatic heterocycles. The summed E-state index contributed by atoms with van der Waals surface area (Å²) in [5.41, 5.74) is 11.5. The predicted molar refractivity (Wildman–Crippen MR) is 163 cm³/mol. The molecule has 1 N–H and O–H groups in total. The van der Waals surface area contributed by atoms with E-state index in [4.69, 9.17) is 0 Å². The summed E-state index contributed by atoms with van der Waals surface area (Å²) >= 11 is 0. The van der Waals surface area contributed by atoms with Gasteiger partial charge in [0.25, 0.3) is 0 Å². The zero-order valence-electron chi connectivity index (χ0n) is 24.2. The largest absolute Gasteiger partial charge is 0.355 e. The van der Waals surface area contributed by atoms with Crippen molar-refractivity contribution < 1.29 is 0 Å². The summed E-state index contributed by atoms with van der Waals surface area (Å²) in [5, 5.41) is 3.67. The first-order valence-electron chi connectivity index (χ1n) is 13.4. The first kappa shape index (κ1) is 26.7. The molecule has 0 aliphatic rings. The van der Waals surface area contributed by atoms with Crippen molar-refractivity contribution >= 4 is 11.4 Å². The highest BCUT2D eigenvalue weighted by molar-refractivity contribution is 5.80. The molecule has 0 aliphatic carbocycles. The molecular formula is C36H43N. The van der Waals surface area contributed by atoms with Gasteiger partial charge in [-0.05, 0) is 85.5 Å². The molecule has 1 nitrogen and oxygen atoms in total. The molecule has 192 valence electrons. The van der Waals surface area contributed by atoms with Gasteiger partial charge >= 0.3 is 0 Å². The van der Waals surface area contributed by atoms with E-state index < -0.39 is 0 Å². The van der Waals surface area contributed by atoms with E-state index >= 15 is 0 Å². The van der Waals surface area contributed by atoms with Crippen molar-refractivity contribution in [1.82, 2.24) is 0 Å². The van der Waals surface area contributed by atoms with Crippen LogP contribution in [0.1, 0.15) is 79.0 Å². The predicted octanol–water partition coefficient (Wildman–Crippen LogP) is 10.7. The Hall–Kier alpha value is -3.32. The molecule has 0 fully saturated rings. The molecule has 0 atom stereocenters. The van der Waals surface area contributed by atoms with Crippen molar-refractivity contribution in [2.75, 3.05) is 5.32 Å². The van der Waals surface area contributed by atoms with E-state index in [2.05, 4.69) is 159 Å². The Bertz CT molecular complexity index is 1260. The smallest absolute Gasteiger partial charge is 0.0396 e. The van der Waals surface area contributed by atoms with Gasteiger partial charge in [0.1, 0.15) is 0 Å². The summed E-state index contributed by atoms with van der Waals surface area (Å²) in [7, 11) is 0. The normalized spacial score (nSPS) is 12.5. The Kier molecular flexibility index (Phi) is 7.12.